The van der Waals surface area contributed by atoms with Crippen molar-refractivity contribution in [2.75, 3.05) is 31.2 Å². The molecule has 6 nitrogen and oxygen atoms in total. The van der Waals surface area contributed by atoms with Crippen LogP contribution in [0.25, 0.3) is 0 Å². The Morgan fingerprint density at radius 1 is 1.33 bits per heavy atom. The molecule has 0 spiro atoms. The molecule has 0 saturated carbocycles. The molecule has 2 aromatic rings. The van der Waals surface area contributed by atoms with Gasteiger partial charge >= 0.3 is 0 Å². The molecule has 1 aromatic carbocycles. The molecule has 148 valence electrons. The second-order valence-corrected chi connectivity index (χ2v) is 6.67. The summed E-state index contributed by atoms with van der Waals surface area (Å²) in [7, 11) is 1.28. The Hall–Kier alpha value is -2.26. The minimum Gasteiger partial charge on any atom is -0.496 e. The van der Waals surface area contributed by atoms with Crippen LogP contribution in [0.5, 0.6) is 5.75 Å². The maximum absolute atomic E-state index is 14.1. The molecule has 0 atom stereocenters. The number of ether oxygens (including phenoxy) is 1. The van der Waals surface area contributed by atoms with Gasteiger partial charge in [-0.15, -0.1) is 0 Å². The van der Waals surface area contributed by atoms with Crippen molar-refractivity contribution in [2.24, 2.45) is 0 Å². The molecule has 0 aliphatic carbocycles. The van der Waals surface area contributed by atoms with Crippen LogP contribution >= 0.6 is 11.3 Å². The number of carbonyl (C=O) groups excluding carboxylic acids is 1. The number of nitrogens with two attached hydrogens (primary N) is 1. The third kappa shape index (κ3) is 4.72. The molecule has 1 aromatic heterocycles. The Balaban J connectivity index is 0.00000126. The Bertz CT molecular complexity index is 792. The predicted octanol–water partition coefficient (Wildman–Crippen LogP) is 3.43. The molecule has 0 unspecified atom stereocenters. The number of ketones is 1. The lowest BCUT2D eigenvalue weighted by atomic mass is 10.1. The monoisotopic (exact) mass is 398 g/mol. The molecule has 9 heteroatoms. The van der Waals surface area contributed by atoms with Crippen LogP contribution in [0.2, 0.25) is 0 Å². The van der Waals surface area contributed by atoms with Gasteiger partial charge in [0.2, 0.25) is 5.78 Å². The Morgan fingerprint density at radius 3 is 2.63 bits per heavy atom. The summed E-state index contributed by atoms with van der Waals surface area (Å²) in [4.78, 5) is 16.9. The summed E-state index contributed by atoms with van der Waals surface area (Å²) >= 11 is 1.03. The van der Waals surface area contributed by atoms with Gasteiger partial charge in [0, 0.05) is 6.04 Å². The third-order valence-electron chi connectivity index (χ3n) is 4.03. The summed E-state index contributed by atoms with van der Waals surface area (Å²) in [6, 6.07) is 2.34. The second kappa shape index (κ2) is 9.61. The quantitative estimate of drug-likeness (QED) is 0.669. The zero-order valence-electron chi connectivity index (χ0n) is 15.6. The molecule has 3 rings (SSSR count). The van der Waals surface area contributed by atoms with Gasteiger partial charge in [-0.25, -0.2) is 13.8 Å². The number of thiazole rings is 1. The average molecular weight is 398 g/mol. The number of carbonyl (C=O) groups is 1. The van der Waals surface area contributed by atoms with Crippen LogP contribution < -0.4 is 21.1 Å². The van der Waals surface area contributed by atoms with Crippen LogP contribution in [-0.4, -0.2) is 37.0 Å². The number of aromatic nitrogens is 1. The zero-order valence-corrected chi connectivity index (χ0v) is 16.4. The normalized spacial score (nSPS) is 14.3. The maximum Gasteiger partial charge on any atom is 0.213 e. The second-order valence-electron chi connectivity index (χ2n) is 5.67. The molecule has 2 heterocycles. The fourth-order valence-corrected chi connectivity index (χ4v) is 3.63. The fourth-order valence-electron chi connectivity index (χ4n) is 2.73. The summed E-state index contributed by atoms with van der Waals surface area (Å²) in [5.74, 6) is -3.20. The van der Waals surface area contributed by atoms with Crippen molar-refractivity contribution in [1.82, 2.24) is 10.3 Å². The van der Waals surface area contributed by atoms with Crippen LogP contribution in [0.4, 0.5) is 19.7 Å². The number of rotatable bonds is 5. The number of hydrogen-bond donors (Lipinski definition) is 3. The van der Waals surface area contributed by atoms with E-state index in [4.69, 9.17) is 10.5 Å². The van der Waals surface area contributed by atoms with Gasteiger partial charge in [-0.05, 0) is 38.1 Å². The molecule has 0 radical (unpaired) electrons. The van der Waals surface area contributed by atoms with Crippen molar-refractivity contribution >= 4 is 28.1 Å². The van der Waals surface area contributed by atoms with E-state index in [0.717, 1.165) is 43.3 Å². The summed E-state index contributed by atoms with van der Waals surface area (Å²) in [5.41, 5.74) is 5.35. The first-order valence-corrected chi connectivity index (χ1v) is 9.63. The van der Waals surface area contributed by atoms with E-state index in [9.17, 15) is 13.6 Å². The fraction of sp³-hybridized carbons (Fsp3) is 0.444. The van der Waals surface area contributed by atoms with E-state index >= 15 is 0 Å². The Labute approximate surface area is 161 Å². The SMILES string of the molecule is CC.COc1ccc(F)c(F)c1C(=O)c1sc(NC2CCNCC2)nc1N. The van der Waals surface area contributed by atoms with E-state index < -0.39 is 23.0 Å². The maximum atomic E-state index is 14.1. The van der Waals surface area contributed by atoms with Crippen LogP contribution in [-0.2, 0) is 0 Å². The minimum atomic E-state index is -1.26. The molecule has 4 N–H and O–H groups in total. The van der Waals surface area contributed by atoms with Gasteiger partial charge in [0.25, 0.3) is 0 Å². The van der Waals surface area contributed by atoms with Crippen molar-refractivity contribution in [1.29, 1.82) is 0 Å². The number of halogens is 2. The zero-order chi connectivity index (χ0) is 20.0. The van der Waals surface area contributed by atoms with Gasteiger partial charge in [0.1, 0.15) is 22.0 Å². The van der Waals surface area contributed by atoms with E-state index in [1.165, 1.54) is 13.2 Å². The van der Waals surface area contributed by atoms with Gasteiger partial charge in [-0.1, -0.05) is 25.2 Å². The van der Waals surface area contributed by atoms with E-state index in [-0.39, 0.29) is 22.5 Å². The number of hydrogen-bond acceptors (Lipinski definition) is 7. The van der Waals surface area contributed by atoms with Crippen molar-refractivity contribution in [3.05, 3.63) is 34.2 Å². The lowest BCUT2D eigenvalue weighted by Gasteiger charge is -2.23. The van der Waals surface area contributed by atoms with Gasteiger partial charge in [-0.2, -0.15) is 0 Å². The Kier molecular flexibility index (Phi) is 7.49. The smallest absolute Gasteiger partial charge is 0.213 e. The van der Waals surface area contributed by atoms with Crippen molar-refractivity contribution in [3.63, 3.8) is 0 Å². The van der Waals surface area contributed by atoms with Gasteiger partial charge in [0.15, 0.2) is 16.8 Å². The Morgan fingerprint density at radius 2 is 2.00 bits per heavy atom. The third-order valence-corrected chi connectivity index (χ3v) is 5.03. The summed E-state index contributed by atoms with van der Waals surface area (Å²) in [6.07, 6.45) is 1.85. The number of benzene rings is 1. The average Bonchev–Trinajstić information content (AvgIpc) is 3.05. The van der Waals surface area contributed by atoms with E-state index in [0.29, 0.717) is 5.13 Å². The number of nitrogens with zero attached hydrogens (tertiary/aromatic N) is 1. The van der Waals surface area contributed by atoms with Gasteiger partial charge in [-0.3, -0.25) is 4.79 Å². The number of nitrogen functional groups attached to an aromatic ring is 1. The topological polar surface area (TPSA) is 89.3 Å². The van der Waals surface area contributed by atoms with Crippen molar-refractivity contribution in [3.8, 4) is 5.75 Å². The number of nitrogens with one attached hydrogen (secondary N) is 2. The van der Waals surface area contributed by atoms with Gasteiger partial charge < -0.3 is 21.1 Å². The highest BCUT2D eigenvalue weighted by Gasteiger charge is 2.27. The molecular weight excluding hydrogens is 374 g/mol. The largest absolute Gasteiger partial charge is 0.496 e. The minimum absolute atomic E-state index is 0.0165. The van der Waals surface area contributed by atoms with E-state index in [2.05, 4.69) is 15.6 Å². The molecule has 27 heavy (non-hydrogen) atoms. The highest BCUT2D eigenvalue weighted by Crippen LogP contribution is 2.33. The number of anilines is 2. The van der Waals surface area contributed by atoms with E-state index in [1.54, 1.807) is 0 Å². The first kappa shape index (κ1) is 21.0. The standard InChI is InChI=1S/C16H18F2N4O2S.C2H6/c1-24-10-3-2-9(17)12(18)11(10)13(23)14-15(19)22-16(25-14)21-8-4-6-20-7-5-8;1-2/h2-3,8,20H,4-7,19H2,1H3,(H,21,22);1-2H3. The van der Waals surface area contributed by atoms with Gasteiger partial charge in [0.05, 0.1) is 7.11 Å². The molecule has 0 bridgehead atoms. The molecule has 1 fully saturated rings. The molecule has 1 aliphatic heterocycles. The molecule has 0 amide bonds. The number of piperidine rings is 1. The van der Waals surface area contributed by atoms with E-state index in [1.807, 2.05) is 13.8 Å². The van der Waals surface area contributed by atoms with Crippen LogP contribution in [0, 0.1) is 11.6 Å². The van der Waals surface area contributed by atoms with Crippen LogP contribution in [0.1, 0.15) is 41.9 Å². The molecule has 1 aliphatic rings. The summed E-state index contributed by atoms with van der Waals surface area (Å²) in [5, 5.41) is 6.98. The lowest BCUT2D eigenvalue weighted by Crippen LogP contribution is -2.35. The molecular formula is C18H24F2N4O2S. The predicted molar refractivity (Wildman–Crippen MR) is 104 cm³/mol. The first-order chi connectivity index (χ1) is 13.0. The van der Waals surface area contributed by atoms with Crippen LogP contribution in [0.15, 0.2) is 12.1 Å². The van der Waals surface area contributed by atoms with Crippen molar-refractivity contribution < 1.29 is 18.3 Å². The highest BCUT2D eigenvalue weighted by atomic mass is 32.1. The first-order valence-electron chi connectivity index (χ1n) is 8.81. The summed E-state index contributed by atoms with van der Waals surface area (Å²) < 4.78 is 32.7. The summed E-state index contributed by atoms with van der Waals surface area (Å²) in [6.45, 7) is 5.80. The number of methoxy groups -OCH3 is 1. The lowest BCUT2D eigenvalue weighted by molar-refractivity contribution is 0.103. The highest BCUT2D eigenvalue weighted by molar-refractivity contribution is 7.18. The van der Waals surface area contributed by atoms with Crippen molar-refractivity contribution in [2.45, 2.75) is 32.7 Å². The van der Waals surface area contributed by atoms with Crippen LogP contribution in [0.3, 0.4) is 0 Å². The molecule has 1 saturated heterocycles.